The van der Waals surface area contributed by atoms with Gasteiger partial charge in [-0.2, -0.15) is 5.26 Å². The smallest absolute Gasteiger partial charge is 0.133 e. The quantitative estimate of drug-likeness (QED) is 0.857. The molecule has 2 aromatic carbocycles. The Kier molecular flexibility index (Phi) is 4.38. The van der Waals surface area contributed by atoms with Crippen molar-refractivity contribution in [3.63, 3.8) is 0 Å². The summed E-state index contributed by atoms with van der Waals surface area (Å²) < 4.78 is 6.50. The molecule has 0 aliphatic carbocycles. The van der Waals surface area contributed by atoms with E-state index in [1.165, 1.54) is 5.56 Å². The van der Waals surface area contributed by atoms with Crippen LogP contribution in [0.4, 0.5) is 0 Å². The summed E-state index contributed by atoms with van der Waals surface area (Å²) in [5, 5.41) is 8.77. The molecule has 0 aliphatic heterocycles. The third-order valence-electron chi connectivity index (χ3n) is 2.55. The van der Waals surface area contributed by atoms with E-state index in [1.54, 1.807) is 12.1 Å². The maximum Gasteiger partial charge on any atom is 0.133 e. The van der Waals surface area contributed by atoms with Crippen molar-refractivity contribution in [3.8, 4) is 11.8 Å². The molecule has 18 heavy (non-hydrogen) atoms. The van der Waals surface area contributed by atoms with Crippen LogP contribution in [-0.4, -0.2) is 6.61 Å². The number of hydrogen-bond donors (Lipinski definition) is 0. The Balaban J connectivity index is 1.93. The largest absolute Gasteiger partial charge is 0.492 e. The van der Waals surface area contributed by atoms with Gasteiger partial charge in [0.15, 0.2) is 0 Å². The number of nitrogens with zero attached hydrogens (tertiary/aromatic N) is 1. The summed E-state index contributed by atoms with van der Waals surface area (Å²) in [4.78, 5) is 0. The predicted octanol–water partition coefficient (Wildman–Crippen LogP) is 3.94. The van der Waals surface area contributed by atoms with Crippen LogP contribution in [0.2, 0.25) is 0 Å². The molecule has 3 heteroatoms. The molecule has 0 N–H and O–H groups in total. The number of benzene rings is 2. The van der Waals surface area contributed by atoms with E-state index in [2.05, 4.69) is 34.1 Å². The third-order valence-corrected chi connectivity index (χ3v) is 3.17. The minimum Gasteiger partial charge on any atom is -0.492 e. The molecule has 0 heterocycles. The highest BCUT2D eigenvalue weighted by atomic mass is 79.9. The topological polar surface area (TPSA) is 33.0 Å². The van der Waals surface area contributed by atoms with E-state index in [0.29, 0.717) is 12.2 Å². The molecule has 0 fully saturated rings. The van der Waals surface area contributed by atoms with Gasteiger partial charge in [-0.1, -0.05) is 30.3 Å². The monoisotopic (exact) mass is 301 g/mol. The molecule has 2 rings (SSSR count). The third kappa shape index (κ3) is 3.35. The summed E-state index contributed by atoms with van der Waals surface area (Å²) in [6, 6.07) is 17.6. The molecule has 2 aromatic rings. The van der Waals surface area contributed by atoms with Crippen molar-refractivity contribution >= 4 is 15.9 Å². The molecule has 90 valence electrons. The molecule has 0 radical (unpaired) electrons. The molecule has 0 saturated heterocycles. The average molecular weight is 302 g/mol. The van der Waals surface area contributed by atoms with Gasteiger partial charge >= 0.3 is 0 Å². The van der Waals surface area contributed by atoms with Crippen LogP contribution in [-0.2, 0) is 6.42 Å². The minimum absolute atomic E-state index is 0.620. The first-order valence-corrected chi connectivity index (χ1v) is 6.45. The normalized spacial score (nSPS) is 9.78. The standard InChI is InChI=1S/C15H12BrNO/c16-14-10-13(11-17)6-7-15(14)18-9-8-12-4-2-1-3-5-12/h1-7,10H,8-9H2. The van der Waals surface area contributed by atoms with Crippen molar-refractivity contribution in [3.05, 3.63) is 64.1 Å². The van der Waals surface area contributed by atoms with Crippen molar-refractivity contribution < 1.29 is 4.74 Å². The lowest BCUT2D eigenvalue weighted by atomic mass is 10.2. The summed E-state index contributed by atoms with van der Waals surface area (Å²) in [6.45, 7) is 0.620. The second-order valence-corrected chi connectivity index (χ2v) is 4.70. The van der Waals surface area contributed by atoms with Gasteiger partial charge in [0.2, 0.25) is 0 Å². The number of ether oxygens (including phenoxy) is 1. The van der Waals surface area contributed by atoms with Crippen molar-refractivity contribution in [2.45, 2.75) is 6.42 Å². The van der Waals surface area contributed by atoms with Crippen LogP contribution in [0, 0.1) is 11.3 Å². The van der Waals surface area contributed by atoms with Gasteiger partial charge in [-0.05, 0) is 39.7 Å². The number of nitriles is 1. The maximum atomic E-state index is 8.77. The maximum absolute atomic E-state index is 8.77. The molecule has 0 amide bonds. The fourth-order valence-corrected chi connectivity index (χ4v) is 2.10. The fraction of sp³-hybridized carbons (Fsp3) is 0.133. The minimum atomic E-state index is 0.620. The highest BCUT2D eigenvalue weighted by Crippen LogP contribution is 2.25. The molecule has 0 spiro atoms. The van der Waals surface area contributed by atoms with Crippen LogP contribution in [0.5, 0.6) is 5.75 Å². The van der Waals surface area contributed by atoms with Gasteiger partial charge in [-0.25, -0.2) is 0 Å². The molecule has 0 bridgehead atoms. The summed E-state index contributed by atoms with van der Waals surface area (Å²) >= 11 is 3.40. The van der Waals surface area contributed by atoms with Crippen LogP contribution < -0.4 is 4.74 Å². The summed E-state index contributed by atoms with van der Waals surface area (Å²) in [6.07, 6.45) is 0.868. The SMILES string of the molecule is N#Cc1ccc(OCCc2ccccc2)c(Br)c1. The van der Waals surface area contributed by atoms with E-state index in [-0.39, 0.29) is 0 Å². The Morgan fingerprint density at radius 2 is 1.89 bits per heavy atom. The second kappa shape index (κ2) is 6.23. The van der Waals surface area contributed by atoms with E-state index in [9.17, 15) is 0 Å². The van der Waals surface area contributed by atoms with Crippen LogP contribution in [0.15, 0.2) is 53.0 Å². The molecule has 0 aromatic heterocycles. The van der Waals surface area contributed by atoms with E-state index in [1.807, 2.05) is 24.3 Å². The lowest BCUT2D eigenvalue weighted by Gasteiger charge is -2.08. The molecular formula is C15H12BrNO. The van der Waals surface area contributed by atoms with E-state index in [0.717, 1.165) is 16.6 Å². The summed E-state index contributed by atoms with van der Waals surface area (Å²) in [5.41, 5.74) is 1.87. The van der Waals surface area contributed by atoms with Crippen LogP contribution in [0.25, 0.3) is 0 Å². The van der Waals surface area contributed by atoms with Crippen LogP contribution in [0.1, 0.15) is 11.1 Å². The van der Waals surface area contributed by atoms with E-state index >= 15 is 0 Å². The van der Waals surface area contributed by atoms with Gasteiger partial charge in [0.05, 0.1) is 22.7 Å². The second-order valence-electron chi connectivity index (χ2n) is 3.84. The molecule has 0 unspecified atom stereocenters. The molecule has 0 aliphatic rings. The van der Waals surface area contributed by atoms with Crippen LogP contribution in [0.3, 0.4) is 0 Å². The number of rotatable bonds is 4. The first-order chi connectivity index (χ1) is 8.79. The Morgan fingerprint density at radius 1 is 1.11 bits per heavy atom. The van der Waals surface area contributed by atoms with Gasteiger partial charge in [0, 0.05) is 6.42 Å². The number of hydrogen-bond acceptors (Lipinski definition) is 2. The van der Waals surface area contributed by atoms with Gasteiger partial charge in [-0.3, -0.25) is 0 Å². The van der Waals surface area contributed by atoms with Crippen LogP contribution >= 0.6 is 15.9 Å². The van der Waals surface area contributed by atoms with Crippen molar-refractivity contribution in [1.29, 1.82) is 5.26 Å². The molecule has 0 saturated carbocycles. The Labute approximate surface area is 115 Å². The predicted molar refractivity (Wildman–Crippen MR) is 74.5 cm³/mol. The van der Waals surface area contributed by atoms with Gasteiger partial charge in [0.1, 0.15) is 5.75 Å². The zero-order valence-corrected chi connectivity index (χ0v) is 11.4. The lowest BCUT2D eigenvalue weighted by molar-refractivity contribution is 0.320. The van der Waals surface area contributed by atoms with Crippen molar-refractivity contribution in [1.82, 2.24) is 0 Å². The lowest BCUT2D eigenvalue weighted by Crippen LogP contribution is -2.01. The van der Waals surface area contributed by atoms with E-state index in [4.69, 9.17) is 10.00 Å². The Bertz CT molecular complexity index is 560. The first-order valence-electron chi connectivity index (χ1n) is 5.66. The molecular weight excluding hydrogens is 290 g/mol. The molecule has 2 nitrogen and oxygen atoms in total. The fourth-order valence-electron chi connectivity index (χ4n) is 1.61. The van der Waals surface area contributed by atoms with Gasteiger partial charge < -0.3 is 4.74 Å². The first kappa shape index (κ1) is 12.7. The summed E-state index contributed by atoms with van der Waals surface area (Å²) in [5.74, 6) is 0.768. The number of halogens is 1. The Hall–Kier alpha value is -1.79. The van der Waals surface area contributed by atoms with E-state index < -0.39 is 0 Å². The zero-order chi connectivity index (χ0) is 12.8. The zero-order valence-electron chi connectivity index (χ0n) is 9.77. The van der Waals surface area contributed by atoms with Crippen molar-refractivity contribution in [2.75, 3.05) is 6.61 Å². The summed E-state index contributed by atoms with van der Waals surface area (Å²) in [7, 11) is 0. The highest BCUT2D eigenvalue weighted by Gasteiger charge is 2.02. The average Bonchev–Trinajstić information content (AvgIpc) is 2.42. The van der Waals surface area contributed by atoms with Gasteiger partial charge in [-0.15, -0.1) is 0 Å². The highest BCUT2D eigenvalue weighted by molar-refractivity contribution is 9.10. The molecule has 0 atom stereocenters. The van der Waals surface area contributed by atoms with Gasteiger partial charge in [0.25, 0.3) is 0 Å². The van der Waals surface area contributed by atoms with Crippen molar-refractivity contribution in [2.24, 2.45) is 0 Å². The Morgan fingerprint density at radius 3 is 2.56 bits per heavy atom.